The lowest BCUT2D eigenvalue weighted by Crippen LogP contribution is -2.42. The Morgan fingerprint density at radius 2 is 2.32 bits per heavy atom. The summed E-state index contributed by atoms with van der Waals surface area (Å²) >= 11 is 0. The zero-order chi connectivity index (χ0) is 15.5. The van der Waals surface area contributed by atoms with Crippen molar-refractivity contribution in [3.05, 3.63) is 41.7 Å². The molecular formula is C15H19N5O2. The minimum absolute atomic E-state index is 0.00519. The maximum Gasteiger partial charge on any atom is 0.257 e. The fourth-order valence-electron chi connectivity index (χ4n) is 2.55. The second-order valence-electron chi connectivity index (χ2n) is 5.22. The van der Waals surface area contributed by atoms with E-state index in [1.165, 1.54) is 0 Å². The molecule has 0 aromatic carbocycles. The van der Waals surface area contributed by atoms with Gasteiger partial charge in [0.15, 0.2) is 0 Å². The Morgan fingerprint density at radius 1 is 1.45 bits per heavy atom. The molecule has 1 aliphatic heterocycles. The molecule has 0 unspecified atom stereocenters. The van der Waals surface area contributed by atoms with Gasteiger partial charge in [-0.15, -0.1) is 0 Å². The van der Waals surface area contributed by atoms with Crippen LogP contribution in [-0.4, -0.2) is 50.3 Å². The van der Waals surface area contributed by atoms with Gasteiger partial charge in [-0.2, -0.15) is 5.10 Å². The van der Waals surface area contributed by atoms with Crippen LogP contribution < -0.4 is 0 Å². The van der Waals surface area contributed by atoms with Gasteiger partial charge in [-0.05, 0) is 13.8 Å². The van der Waals surface area contributed by atoms with Gasteiger partial charge in [-0.25, -0.2) is 0 Å². The van der Waals surface area contributed by atoms with E-state index in [0.717, 1.165) is 17.9 Å². The molecule has 0 radical (unpaired) electrons. The van der Waals surface area contributed by atoms with Crippen molar-refractivity contribution < 1.29 is 9.53 Å². The Balaban J connectivity index is 1.76. The summed E-state index contributed by atoms with van der Waals surface area (Å²) in [6.45, 7) is 6.16. The summed E-state index contributed by atoms with van der Waals surface area (Å²) in [5, 5.41) is 4.34. The molecule has 1 aliphatic rings. The number of amides is 1. The van der Waals surface area contributed by atoms with Crippen molar-refractivity contribution in [3.63, 3.8) is 0 Å². The highest BCUT2D eigenvalue weighted by Crippen LogP contribution is 2.21. The maximum atomic E-state index is 12.7. The molecule has 1 amide bonds. The molecule has 0 N–H and O–H groups in total. The third-order valence-electron chi connectivity index (χ3n) is 3.77. The Kier molecular flexibility index (Phi) is 4.15. The first-order valence-corrected chi connectivity index (χ1v) is 7.40. The zero-order valence-corrected chi connectivity index (χ0v) is 12.8. The summed E-state index contributed by atoms with van der Waals surface area (Å²) in [4.78, 5) is 22.8. The van der Waals surface area contributed by atoms with E-state index < -0.39 is 0 Å². The molecule has 1 fully saturated rings. The molecule has 0 spiro atoms. The van der Waals surface area contributed by atoms with E-state index in [9.17, 15) is 4.79 Å². The van der Waals surface area contributed by atoms with Crippen LogP contribution in [0.5, 0.6) is 0 Å². The number of rotatable bonds is 3. The SMILES string of the molecule is CCn1cc(C(=O)N2CCO[C@H](c3cnccn3)C2)c(C)n1. The van der Waals surface area contributed by atoms with Crippen LogP contribution >= 0.6 is 0 Å². The van der Waals surface area contributed by atoms with E-state index in [2.05, 4.69) is 15.1 Å². The minimum atomic E-state index is -0.229. The number of hydrogen-bond acceptors (Lipinski definition) is 5. The van der Waals surface area contributed by atoms with Crippen LogP contribution in [0.4, 0.5) is 0 Å². The first-order valence-electron chi connectivity index (χ1n) is 7.40. The highest BCUT2D eigenvalue weighted by Gasteiger charge is 2.28. The van der Waals surface area contributed by atoms with E-state index in [-0.39, 0.29) is 12.0 Å². The topological polar surface area (TPSA) is 73.1 Å². The number of carbonyl (C=O) groups excluding carboxylic acids is 1. The van der Waals surface area contributed by atoms with E-state index >= 15 is 0 Å². The van der Waals surface area contributed by atoms with Crippen molar-refractivity contribution in [2.45, 2.75) is 26.5 Å². The Bertz CT molecular complexity index is 655. The Labute approximate surface area is 128 Å². The van der Waals surface area contributed by atoms with Gasteiger partial charge >= 0.3 is 0 Å². The second kappa shape index (κ2) is 6.23. The van der Waals surface area contributed by atoms with Crippen LogP contribution in [0.3, 0.4) is 0 Å². The lowest BCUT2D eigenvalue weighted by atomic mass is 10.1. The number of carbonyl (C=O) groups is 1. The van der Waals surface area contributed by atoms with Gasteiger partial charge in [-0.3, -0.25) is 19.4 Å². The normalized spacial score (nSPS) is 18.5. The molecule has 3 heterocycles. The van der Waals surface area contributed by atoms with Gasteiger partial charge in [0, 0.05) is 31.7 Å². The summed E-state index contributed by atoms with van der Waals surface area (Å²) in [6.07, 6.45) is 6.52. The second-order valence-corrected chi connectivity index (χ2v) is 5.22. The van der Waals surface area contributed by atoms with Crippen molar-refractivity contribution >= 4 is 5.91 Å². The molecule has 1 saturated heterocycles. The summed E-state index contributed by atoms with van der Waals surface area (Å²) in [6, 6.07) is 0. The summed E-state index contributed by atoms with van der Waals surface area (Å²) in [5.41, 5.74) is 2.16. The van der Waals surface area contributed by atoms with Crippen LogP contribution in [0.25, 0.3) is 0 Å². The number of hydrogen-bond donors (Lipinski definition) is 0. The van der Waals surface area contributed by atoms with Crippen LogP contribution in [-0.2, 0) is 11.3 Å². The molecule has 0 aliphatic carbocycles. The molecule has 2 aromatic heterocycles. The summed E-state index contributed by atoms with van der Waals surface area (Å²) in [5.74, 6) is -0.00519. The first kappa shape index (κ1) is 14.6. The zero-order valence-electron chi connectivity index (χ0n) is 12.8. The van der Waals surface area contributed by atoms with Crippen molar-refractivity contribution in [3.8, 4) is 0 Å². The molecular weight excluding hydrogens is 282 g/mol. The van der Waals surface area contributed by atoms with Crippen molar-refractivity contribution in [2.24, 2.45) is 0 Å². The maximum absolute atomic E-state index is 12.7. The van der Waals surface area contributed by atoms with Gasteiger partial charge in [0.2, 0.25) is 0 Å². The average Bonchev–Trinajstić information content (AvgIpc) is 2.96. The van der Waals surface area contributed by atoms with Crippen molar-refractivity contribution in [1.29, 1.82) is 0 Å². The molecule has 0 saturated carbocycles. The fourth-order valence-corrected chi connectivity index (χ4v) is 2.55. The van der Waals surface area contributed by atoms with Gasteiger partial charge in [0.1, 0.15) is 6.10 Å². The molecule has 3 rings (SSSR count). The van der Waals surface area contributed by atoms with E-state index in [1.807, 2.05) is 20.0 Å². The highest BCUT2D eigenvalue weighted by molar-refractivity contribution is 5.95. The van der Waals surface area contributed by atoms with E-state index in [0.29, 0.717) is 25.3 Å². The highest BCUT2D eigenvalue weighted by atomic mass is 16.5. The van der Waals surface area contributed by atoms with Crippen LogP contribution in [0.1, 0.15) is 34.8 Å². The molecule has 1 atom stereocenters. The van der Waals surface area contributed by atoms with Gasteiger partial charge in [-0.1, -0.05) is 0 Å². The molecule has 0 bridgehead atoms. The standard InChI is InChI=1S/C15H19N5O2/c1-3-20-9-12(11(2)18-20)15(21)19-6-7-22-14(10-19)13-8-16-4-5-17-13/h4-5,8-9,14H,3,6-7,10H2,1-2H3/t14-/m0/s1. The summed E-state index contributed by atoms with van der Waals surface area (Å²) < 4.78 is 7.50. The number of aromatic nitrogens is 4. The van der Waals surface area contributed by atoms with Crippen LogP contribution in [0.2, 0.25) is 0 Å². The van der Waals surface area contributed by atoms with E-state index in [1.54, 1.807) is 28.2 Å². The number of ether oxygens (including phenoxy) is 1. The fraction of sp³-hybridized carbons (Fsp3) is 0.467. The Hall–Kier alpha value is -2.28. The first-order chi connectivity index (χ1) is 10.7. The third-order valence-corrected chi connectivity index (χ3v) is 3.77. The molecule has 7 nitrogen and oxygen atoms in total. The minimum Gasteiger partial charge on any atom is -0.368 e. The lowest BCUT2D eigenvalue weighted by molar-refractivity contribution is -0.0249. The van der Waals surface area contributed by atoms with E-state index in [4.69, 9.17) is 4.74 Å². The number of morpholine rings is 1. The van der Waals surface area contributed by atoms with Crippen molar-refractivity contribution in [2.75, 3.05) is 19.7 Å². The molecule has 7 heteroatoms. The number of nitrogens with zero attached hydrogens (tertiary/aromatic N) is 5. The van der Waals surface area contributed by atoms with Crippen molar-refractivity contribution in [1.82, 2.24) is 24.6 Å². The largest absolute Gasteiger partial charge is 0.368 e. The molecule has 116 valence electrons. The van der Waals surface area contributed by atoms with Gasteiger partial charge < -0.3 is 9.64 Å². The quantitative estimate of drug-likeness (QED) is 0.852. The van der Waals surface area contributed by atoms with Gasteiger partial charge in [0.05, 0.1) is 36.3 Å². The van der Waals surface area contributed by atoms with Gasteiger partial charge in [0.25, 0.3) is 5.91 Å². The van der Waals surface area contributed by atoms with Crippen LogP contribution in [0, 0.1) is 6.92 Å². The number of aryl methyl sites for hydroxylation is 2. The average molecular weight is 301 g/mol. The summed E-state index contributed by atoms with van der Waals surface area (Å²) in [7, 11) is 0. The molecule has 22 heavy (non-hydrogen) atoms. The molecule has 2 aromatic rings. The van der Waals surface area contributed by atoms with Crippen LogP contribution in [0.15, 0.2) is 24.8 Å². The monoisotopic (exact) mass is 301 g/mol. The third kappa shape index (κ3) is 2.85. The smallest absolute Gasteiger partial charge is 0.257 e. The predicted octanol–water partition coefficient (Wildman–Crippen LogP) is 1.22. The Morgan fingerprint density at radius 3 is 3.00 bits per heavy atom. The predicted molar refractivity (Wildman–Crippen MR) is 79.3 cm³/mol. The lowest BCUT2D eigenvalue weighted by Gasteiger charge is -2.32.